The minimum Gasteiger partial charge on any atom is -0.377 e. The lowest BCUT2D eigenvalue weighted by Crippen LogP contribution is -2.48. The SMILES string of the molecule is NC(=O)c1cn(CCCN2CCN(CC3CCCO3)CC2)c2ccccc12. The topological polar surface area (TPSA) is 63.7 Å². The minimum atomic E-state index is -0.354. The summed E-state index contributed by atoms with van der Waals surface area (Å²) in [5.74, 6) is -0.354. The average molecular weight is 370 g/mol. The molecule has 0 radical (unpaired) electrons. The molecule has 0 aliphatic carbocycles. The van der Waals surface area contributed by atoms with Crippen molar-refractivity contribution >= 4 is 16.8 Å². The molecule has 1 aromatic carbocycles. The van der Waals surface area contributed by atoms with Crippen LogP contribution in [0.3, 0.4) is 0 Å². The van der Waals surface area contributed by atoms with Crippen molar-refractivity contribution in [3.8, 4) is 0 Å². The van der Waals surface area contributed by atoms with Crippen molar-refractivity contribution in [1.29, 1.82) is 0 Å². The van der Waals surface area contributed by atoms with E-state index in [0.717, 1.165) is 69.7 Å². The number of nitrogens with two attached hydrogens (primary N) is 1. The molecule has 1 unspecified atom stereocenters. The van der Waals surface area contributed by atoms with Gasteiger partial charge < -0.3 is 19.9 Å². The summed E-state index contributed by atoms with van der Waals surface area (Å²) in [4.78, 5) is 16.8. The summed E-state index contributed by atoms with van der Waals surface area (Å²) in [6, 6.07) is 8.00. The van der Waals surface area contributed by atoms with Crippen LogP contribution in [0.5, 0.6) is 0 Å². The molecule has 0 spiro atoms. The van der Waals surface area contributed by atoms with E-state index in [9.17, 15) is 4.79 Å². The highest BCUT2D eigenvalue weighted by Gasteiger charge is 2.22. The Morgan fingerprint density at radius 1 is 1.11 bits per heavy atom. The van der Waals surface area contributed by atoms with Crippen LogP contribution >= 0.6 is 0 Å². The number of aryl methyl sites for hydroxylation is 1. The first kappa shape index (κ1) is 18.5. The molecule has 0 bridgehead atoms. The lowest BCUT2D eigenvalue weighted by molar-refractivity contribution is 0.0501. The number of para-hydroxylation sites is 1. The van der Waals surface area contributed by atoms with E-state index in [4.69, 9.17) is 10.5 Å². The molecular formula is C21H30N4O2. The molecule has 6 nitrogen and oxygen atoms in total. The summed E-state index contributed by atoms with van der Waals surface area (Å²) in [5.41, 5.74) is 7.25. The van der Waals surface area contributed by atoms with Crippen molar-refractivity contribution in [3.63, 3.8) is 0 Å². The smallest absolute Gasteiger partial charge is 0.250 e. The van der Waals surface area contributed by atoms with Crippen LogP contribution < -0.4 is 5.73 Å². The Kier molecular flexibility index (Phi) is 5.76. The molecule has 2 aromatic rings. The van der Waals surface area contributed by atoms with E-state index in [-0.39, 0.29) is 5.91 Å². The Morgan fingerprint density at radius 2 is 1.89 bits per heavy atom. The van der Waals surface area contributed by atoms with Gasteiger partial charge in [0.2, 0.25) is 0 Å². The summed E-state index contributed by atoms with van der Waals surface area (Å²) < 4.78 is 7.93. The number of piperazine rings is 1. The van der Waals surface area contributed by atoms with Gasteiger partial charge in [0.25, 0.3) is 5.91 Å². The van der Waals surface area contributed by atoms with E-state index in [0.29, 0.717) is 11.7 Å². The molecule has 0 saturated carbocycles. The molecule has 146 valence electrons. The van der Waals surface area contributed by atoms with Gasteiger partial charge in [-0.1, -0.05) is 18.2 Å². The average Bonchev–Trinajstić information content (AvgIpc) is 3.31. The Morgan fingerprint density at radius 3 is 2.63 bits per heavy atom. The molecule has 4 rings (SSSR count). The predicted molar refractivity (Wildman–Crippen MR) is 107 cm³/mol. The van der Waals surface area contributed by atoms with Crippen LogP contribution in [0.15, 0.2) is 30.5 Å². The fourth-order valence-electron chi connectivity index (χ4n) is 4.36. The van der Waals surface area contributed by atoms with Crippen molar-refractivity contribution in [2.45, 2.75) is 31.9 Å². The summed E-state index contributed by atoms with van der Waals surface area (Å²) in [7, 11) is 0. The molecule has 1 atom stereocenters. The molecule has 2 N–H and O–H groups in total. The van der Waals surface area contributed by atoms with Crippen LogP contribution in [-0.2, 0) is 11.3 Å². The molecule has 2 fully saturated rings. The van der Waals surface area contributed by atoms with Crippen LogP contribution in [0.1, 0.15) is 29.6 Å². The Hall–Kier alpha value is -1.89. The third-order valence-corrected chi connectivity index (χ3v) is 5.88. The van der Waals surface area contributed by atoms with E-state index in [2.05, 4.69) is 20.4 Å². The number of nitrogens with zero attached hydrogens (tertiary/aromatic N) is 3. The third-order valence-electron chi connectivity index (χ3n) is 5.88. The maximum atomic E-state index is 11.7. The molecule has 1 aromatic heterocycles. The summed E-state index contributed by atoms with van der Waals surface area (Å²) in [6.07, 6.45) is 5.88. The van der Waals surface area contributed by atoms with Crippen LogP contribution in [0.25, 0.3) is 10.9 Å². The first-order chi connectivity index (χ1) is 13.2. The van der Waals surface area contributed by atoms with Gasteiger partial charge in [-0.25, -0.2) is 0 Å². The second-order valence-corrected chi connectivity index (χ2v) is 7.75. The highest BCUT2D eigenvalue weighted by atomic mass is 16.5. The summed E-state index contributed by atoms with van der Waals surface area (Å²) in [5, 5.41) is 0.952. The van der Waals surface area contributed by atoms with Crippen molar-refractivity contribution in [3.05, 3.63) is 36.0 Å². The van der Waals surface area contributed by atoms with Gasteiger partial charge in [-0.3, -0.25) is 9.69 Å². The highest BCUT2D eigenvalue weighted by Crippen LogP contribution is 2.21. The third kappa shape index (κ3) is 4.34. The second-order valence-electron chi connectivity index (χ2n) is 7.75. The predicted octanol–water partition coefficient (Wildman–Crippen LogP) is 1.93. The van der Waals surface area contributed by atoms with Crippen LogP contribution in [0, 0.1) is 0 Å². The van der Waals surface area contributed by atoms with Gasteiger partial charge >= 0.3 is 0 Å². The maximum Gasteiger partial charge on any atom is 0.250 e. The zero-order valence-electron chi connectivity index (χ0n) is 16.0. The van der Waals surface area contributed by atoms with Crippen LogP contribution in [0.4, 0.5) is 0 Å². The van der Waals surface area contributed by atoms with Crippen molar-refractivity contribution in [2.24, 2.45) is 5.73 Å². The van der Waals surface area contributed by atoms with Gasteiger partial charge in [-0.15, -0.1) is 0 Å². The van der Waals surface area contributed by atoms with E-state index >= 15 is 0 Å². The number of rotatable bonds is 7. The lowest BCUT2D eigenvalue weighted by atomic mass is 10.2. The lowest BCUT2D eigenvalue weighted by Gasteiger charge is -2.35. The molecule has 1 amide bonds. The second kappa shape index (κ2) is 8.42. The largest absolute Gasteiger partial charge is 0.377 e. The molecule has 6 heteroatoms. The van der Waals surface area contributed by atoms with Gasteiger partial charge in [0.1, 0.15) is 0 Å². The van der Waals surface area contributed by atoms with Gasteiger partial charge in [0.15, 0.2) is 0 Å². The van der Waals surface area contributed by atoms with E-state index in [1.165, 1.54) is 12.8 Å². The number of benzene rings is 1. The van der Waals surface area contributed by atoms with Crippen LogP contribution in [0.2, 0.25) is 0 Å². The number of hydrogen-bond donors (Lipinski definition) is 1. The maximum absolute atomic E-state index is 11.7. The number of fused-ring (bicyclic) bond motifs is 1. The molecular weight excluding hydrogens is 340 g/mol. The quantitative estimate of drug-likeness (QED) is 0.809. The number of amides is 1. The number of primary amides is 1. The molecule has 3 heterocycles. The summed E-state index contributed by atoms with van der Waals surface area (Å²) in [6.45, 7) is 8.57. The number of carbonyl (C=O) groups is 1. The Bertz CT molecular complexity index is 774. The fourth-order valence-corrected chi connectivity index (χ4v) is 4.36. The standard InChI is InChI=1S/C21H30N4O2/c22-21(26)19-16-25(20-7-2-1-6-18(19)20)9-4-8-23-10-12-24(13-11-23)15-17-5-3-14-27-17/h1-2,6-7,16-17H,3-5,8-15H2,(H2,22,26). The molecule has 2 saturated heterocycles. The minimum absolute atomic E-state index is 0.354. The summed E-state index contributed by atoms with van der Waals surface area (Å²) >= 11 is 0. The molecule has 2 aliphatic heterocycles. The van der Waals surface area contributed by atoms with Gasteiger partial charge in [-0.2, -0.15) is 0 Å². The van der Waals surface area contributed by atoms with E-state index < -0.39 is 0 Å². The molecule has 27 heavy (non-hydrogen) atoms. The number of ether oxygens (including phenoxy) is 1. The molecule has 2 aliphatic rings. The normalized spacial score (nSPS) is 21.9. The zero-order valence-corrected chi connectivity index (χ0v) is 16.0. The highest BCUT2D eigenvalue weighted by molar-refractivity contribution is 6.06. The fraction of sp³-hybridized carbons (Fsp3) is 0.571. The van der Waals surface area contributed by atoms with E-state index in [1.54, 1.807) is 0 Å². The van der Waals surface area contributed by atoms with Crippen LogP contribution in [-0.4, -0.2) is 72.3 Å². The first-order valence-corrected chi connectivity index (χ1v) is 10.1. The van der Waals surface area contributed by atoms with Gasteiger partial charge in [0.05, 0.1) is 11.7 Å². The van der Waals surface area contributed by atoms with Gasteiger partial charge in [-0.05, 0) is 31.9 Å². The number of carbonyl (C=O) groups excluding carboxylic acids is 1. The number of aromatic nitrogens is 1. The van der Waals surface area contributed by atoms with Gasteiger partial charge in [0, 0.05) is 63.0 Å². The Balaban J connectivity index is 1.26. The van der Waals surface area contributed by atoms with Crippen molar-refractivity contribution < 1.29 is 9.53 Å². The zero-order chi connectivity index (χ0) is 18.6. The number of hydrogen-bond acceptors (Lipinski definition) is 4. The van der Waals surface area contributed by atoms with Crippen molar-refractivity contribution in [1.82, 2.24) is 14.4 Å². The first-order valence-electron chi connectivity index (χ1n) is 10.1. The monoisotopic (exact) mass is 370 g/mol. The Labute approximate surface area is 160 Å². The van der Waals surface area contributed by atoms with E-state index in [1.807, 2.05) is 24.4 Å². The van der Waals surface area contributed by atoms with Crippen molar-refractivity contribution in [2.75, 3.05) is 45.9 Å².